The van der Waals surface area contributed by atoms with Crippen molar-refractivity contribution in [3.05, 3.63) is 90.6 Å². The first kappa shape index (κ1) is 15.7. The van der Waals surface area contributed by atoms with Gasteiger partial charge in [-0.05, 0) is 29.3 Å². The van der Waals surface area contributed by atoms with E-state index in [0.717, 1.165) is 37.9 Å². The summed E-state index contributed by atoms with van der Waals surface area (Å²) in [5.74, 6) is 0. The third-order valence-electron chi connectivity index (χ3n) is 4.79. The molecular formula is C24H14N2S. The smallest absolute Gasteiger partial charge is 0.0998 e. The van der Waals surface area contributed by atoms with E-state index in [1.807, 2.05) is 48.7 Å². The standard InChI is InChI=1S/C24H14N2S/c25-15-17-12-13-18(16-7-2-1-3-8-16)24-22(17)20-10-6-9-19(23(20)27-24)21-11-4-5-14-26-21/h1-14H. The van der Waals surface area contributed by atoms with Crippen molar-refractivity contribution in [2.45, 2.75) is 0 Å². The van der Waals surface area contributed by atoms with Gasteiger partial charge < -0.3 is 0 Å². The number of hydrogen-bond acceptors (Lipinski definition) is 3. The van der Waals surface area contributed by atoms with Crippen molar-refractivity contribution >= 4 is 31.5 Å². The van der Waals surface area contributed by atoms with Crippen molar-refractivity contribution in [2.75, 3.05) is 0 Å². The van der Waals surface area contributed by atoms with E-state index in [1.165, 1.54) is 4.70 Å². The second kappa shape index (κ2) is 6.35. The highest BCUT2D eigenvalue weighted by molar-refractivity contribution is 7.27. The monoisotopic (exact) mass is 362 g/mol. The Morgan fingerprint density at radius 2 is 1.59 bits per heavy atom. The van der Waals surface area contributed by atoms with Gasteiger partial charge >= 0.3 is 0 Å². The van der Waals surface area contributed by atoms with Gasteiger partial charge in [0, 0.05) is 31.9 Å². The van der Waals surface area contributed by atoms with Gasteiger partial charge in [-0.25, -0.2) is 0 Å². The quantitative estimate of drug-likeness (QED) is 0.352. The van der Waals surface area contributed by atoms with E-state index < -0.39 is 0 Å². The second-order valence-electron chi connectivity index (χ2n) is 6.34. The molecule has 0 aliphatic carbocycles. The Hall–Kier alpha value is -3.48. The average Bonchev–Trinajstić information content (AvgIpc) is 3.14. The third-order valence-corrected chi connectivity index (χ3v) is 6.06. The lowest BCUT2D eigenvalue weighted by Crippen LogP contribution is -1.83. The Kier molecular flexibility index (Phi) is 3.71. The molecule has 0 bridgehead atoms. The number of pyridine rings is 1. The zero-order valence-corrected chi connectivity index (χ0v) is 15.2. The van der Waals surface area contributed by atoms with Crippen molar-refractivity contribution in [2.24, 2.45) is 0 Å². The van der Waals surface area contributed by atoms with Crippen molar-refractivity contribution in [1.82, 2.24) is 4.98 Å². The molecule has 0 amide bonds. The molecule has 0 radical (unpaired) electrons. The first-order valence-corrected chi connectivity index (χ1v) is 9.53. The summed E-state index contributed by atoms with van der Waals surface area (Å²) in [5.41, 5.74) is 5.11. The Morgan fingerprint density at radius 1 is 0.741 bits per heavy atom. The number of hydrogen-bond donors (Lipinski definition) is 0. The van der Waals surface area contributed by atoms with E-state index in [0.29, 0.717) is 5.56 Å². The van der Waals surface area contributed by atoms with Crippen LogP contribution in [0.5, 0.6) is 0 Å². The van der Waals surface area contributed by atoms with Crippen molar-refractivity contribution in [3.8, 4) is 28.5 Å². The number of nitrogens with zero attached hydrogens (tertiary/aromatic N) is 2. The summed E-state index contributed by atoms with van der Waals surface area (Å²) in [6.07, 6.45) is 1.82. The van der Waals surface area contributed by atoms with Crippen LogP contribution >= 0.6 is 11.3 Å². The molecule has 2 nitrogen and oxygen atoms in total. The van der Waals surface area contributed by atoms with Crippen molar-refractivity contribution in [1.29, 1.82) is 5.26 Å². The molecule has 126 valence electrons. The molecule has 0 saturated carbocycles. The molecule has 2 heterocycles. The maximum Gasteiger partial charge on any atom is 0.0998 e. The molecule has 0 spiro atoms. The highest BCUT2D eigenvalue weighted by Gasteiger charge is 2.16. The second-order valence-corrected chi connectivity index (χ2v) is 7.36. The summed E-state index contributed by atoms with van der Waals surface area (Å²) in [5, 5.41) is 11.9. The van der Waals surface area contributed by atoms with Gasteiger partial charge in [0.1, 0.15) is 0 Å². The van der Waals surface area contributed by atoms with Gasteiger partial charge in [-0.2, -0.15) is 5.26 Å². The van der Waals surface area contributed by atoms with E-state index in [9.17, 15) is 5.26 Å². The lowest BCUT2D eigenvalue weighted by atomic mass is 9.98. The topological polar surface area (TPSA) is 36.7 Å². The molecule has 0 fully saturated rings. The molecular weight excluding hydrogens is 348 g/mol. The summed E-state index contributed by atoms with van der Waals surface area (Å²) in [6.45, 7) is 0. The lowest BCUT2D eigenvalue weighted by Gasteiger charge is -2.04. The zero-order chi connectivity index (χ0) is 18.2. The summed E-state index contributed by atoms with van der Waals surface area (Å²) in [6, 6.07) is 28.9. The van der Waals surface area contributed by atoms with E-state index in [4.69, 9.17) is 0 Å². The molecule has 2 aromatic heterocycles. The normalized spacial score (nSPS) is 10.9. The predicted octanol–water partition coefficient (Wildman–Crippen LogP) is 6.66. The Morgan fingerprint density at radius 3 is 2.37 bits per heavy atom. The SMILES string of the molecule is N#Cc1ccc(-c2ccccc2)c2sc3c(-c4ccccn4)cccc3c12. The van der Waals surface area contributed by atoms with Gasteiger partial charge in [0.2, 0.25) is 0 Å². The van der Waals surface area contributed by atoms with Gasteiger partial charge in [0.15, 0.2) is 0 Å². The van der Waals surface area contributed by atoms with Crippen LogP contribution in [-0.4, -0.2) is 4.98 Å². The number of nitriles is 1. The van der Waals surface area contributed by atoms with E-state index >= 15 is 0 Å². The van der Waals surface area contributed by atoms with Crippen molar-refractivity contribution < 1.29 is 0 Å². The summed E-state index contributed by atoms with van der Waals surface area (Å²) < 4.78 is 2.32. The molecule has 5 aromatic rings. The summed E-state index contributed by atoms with van der Waals surface area (Å²) >= 11 is 1.74. The minimum atomic E-state index is 0.717. The van der Waals surface area contributed by atoms with Crippen LogP contribution in [0, 0.1) is 11.3 Å². The predicted molar refractivity (Wildman–Crippen MR) is 113 cm³/mol. The molecule has 0 saturated heterocycles. The molecule has 5 rings (SSSR count). The molecule has 0 aliphatic rings. The fraction of sp³-hybridized carbons (Fsp3) is 0. The van der Waals surface area contributed by atoms with Crippen LogP contribution in [0.3, 0.4) is 0 Å². The highest BCUT2D eigenvalue weighted by atomic mass is 32.1. The summed E-state index contributed by atoms with van der Waals surface area (Å²) in [7, 11) is 0. The average molecular weight is 362 g/mol. The van der Waals surface area contributed by atoms with Crippen LogP contribution in [0.15, 0.2) is 85.1 Å². The van der Waals surface area contributed by atoms with Crippen LogP contribution in [0.1, 0.15) is 5.56 Å². The molecule has 0 aliphatic heterocycles. The van der Waals surface area contributed by atoms with Crippen molar-refractivity contribution in [3.63, 3.8) is 0 Å². The minimum absolute atomic E-state index is 0.717. The van der Waals surface area contributed by atoms with Gasteiger partial charge in [-0.3, -0.25) is 4.98 Å². The fourth-order valence-corrected chi connectivity index (χ4v) is 4.95. The first-order chi connectivity index (χ1) is 13.4. The maximum absolute atomic E-state index is 9.70. The Labute approximate surface area is 161 Å². The maximum atomic E-state index is 9.70. The zero-order valence-electron chi connectivity index (χ0n) is 14.4. The highest BCUT2D eigenvalue weighted by Crippen LogP contribution is 2.44. The Bertz CT molecular complexity index is 1310. The van der Waals surface area contributed by atoms with Crippen LogP contribution < -0.4 is 0 Å². The minimum Gasteiger partial charge on any atom is -0.256 e. The molecule has 3 heteroatoms. The van der Waals surface area contributed by atoms with E-state index in [1.54, 1.807) is 11.3 Å². The number of benzene rings is 3. The summed E-state index contributed by atoms with van der Waals surface area (Å²) in [4.78, 5) is 4.53. The third kappa shape index (κ3) is 2.51. The number of fused-ring (bicyclic) bond motifs is 3. The molecule has 0 atom stereocenters. The van der Waals surface area contributed by atoms with E-state index in [2.05, 4.69) is 47.5 Å². The largest absolute Gasteiger partial charge is 0.256 e. The van der Waals surface area contributed by atoms with Gasteiger partial charge in [0.05, 0.1) is 17.3 Å². The molecule has 3 aromatic carbocycles. The lowest BCUT2D eigenvalue weighted by molar-refractivity contribution is 1.33. The van der Waals surface area contributed by atoms with Crippen LogP contribution in [0.2, 0.25) is 0 Å². The van der Waals surface area contributed by atoms with Crippen LogP contribution in [0.25, 0.3) is 42.6 Å². The van der Waals surface area contributed by atoms with E-state index in [-0.39, 0.29) is 0 Å². The van der Waals surface area contributed by atoms with Gasteiger partial charge in [-0.15, -0.1) is 11.3 Å². The molecule has 0 unspecified atom stereocenters. The molecule has 27 heavy (non-hydrogen) atoms. The van der Waals surface area contributed by atoms with Crippen LogP contribution in [-0.2, 0) is 0 Å². The Balaban J connectivity index is 1.91. The van der Waals surface area contributed by atoms with Crippen LogP contribution in [0.4, 0.5) is 0 Å². The number of aromatic nitrogens is 1. The fourth-order valence-electron chi connectivity index (χ4n) is 3.56. The van der Waals surface area contributed by atoms with Gasteiger partial charge in [-0.1, -0.05) is 60.7 Å². The number of thiophene rings is 1. The van der Waals surface area contributed by atoms with Gasteiger partial charge in [0.25, 0.3) is 0 Å². The first-order valence-electron chi connectivity index (χ1n) is 8.72. The molecule has 0 N–H and O–H groups in total. The number of rotatable bonds is 2.